The van der Waals surface area contributed by atoms with Gasteiger partial charge in [0.2, 0.25) is 0 Å². The van der Waals surface area contributed by atoms with Gasteiger partial charge in [0.05, 0.1) is 29.1 Å². The standard InChI is InChI=1S/C28H25F3N6O/c1-3-18-10-20(28(29,30)31)12-21(11-18)34-27(38)37-9-8-24-23(15-37)25(22-7-5-4-6-17(22)2)36-26(35-24)19-13-32-16-33-14-19/h4-7,10-14,16H,3,8-9,15H2,1-2H3,(H,34,38). The van der Waals surface area contributed by atoms with Crippen LogP contribution in [0, 0.1) is 6.92 Å². The third-order valence-electron chi connectivity index (χ3n) is 6.55. The number of anilines is 1. The van der Waals surface area contributed by atoms with Crippen molar-refractivity contribution in [2.45, 2.75) is 39.4 Å². The largest absolute Gasteiger partial charge is 0.416 e. The first-order valence-electron chi connectivity index (χ1n) is 12.2. The molecule has 2 amide bonds. The van der Waals surface area contributed by atoms with E-state index in [1.165, 1.54) is 6.33 Å². The molecule has 3 heterocycles. The Morgan fingerprint density at radius 2 is 1.84 bits per heavy atom. The average molecular weight is 519 g/mol. The van der Waals surface area contributed by atoms with Gasteiger partial charge in [-0.1, -0.05) is 31.2 Å². The minimum absolute atomic E-state index is 0.113. The lowest BCUT2D eigenvalue weighted by Crippen LogP contribution is -2.39. The van der Waals surface area contributed by atoms with Crippen molar-refractivity contribution >= 4 is 11.7 Å². The van der Waals surface area contributed by atoms with Crippen LogP contribution in [0.4, 0.5) is 23.7 Å². The molecule has 0 atom stereocenters. The third-order valence-corrected chi connectivity index (χ3v) is 6.55. The Balaban J connectivity index is 1.49. The Morgan fingerprint density at radius 3 is 2.55 bits per heavy atom. The second kappa shape index (κ2) is 10.2. The summed E-state index contributed by atoms with van der Waals surface area (Å²) in [6.45, 7) is 4.33. The van der Waals surface area contributed by atoms with E-state index in [1.54, 1.807) is 30.3 Å². The number of benzene rings is 2. The van der Waals surface area contributed by atoms with Crippen LogP contribution >= 0.6 is 0 Å². The number of hydrogen-bond donors (Lipinski definition) is 1. The van der Waals surface area contributed by atoms with Gasteiger partial charge in [0.25, 0.3) is 0 Å². The molecule has 4 aromatic rings. The molecule has 0 bridgehead atoms. The number of fused-ring (bicyclic) bond motifs is 1. The van der Waals surface area contributed by atoms with Gasteiger partial charge in [-0.25, -0.2) is 24.7 Å². The van der Waals surface area contributed by atoms with Crippen molar-refractivity contribution in [3.8, 4) is 22.6 Å². The van der Waals surface area contributed by atoms with Crippen LogP contribution in [0.15, 0.2) is 61.2 Å². The molecule has 1 aliphatic rings. The van der Waals surface area contributed by atoms with Crippen molar-refractivity contribution in [2.75, 3.05) is 11.9 Å². The van der Waals surface area contributed by atoms with Gasteiger partial charge in [0.1, 0.15) is 6.33 Å². The number of halogens is 3. The molecule has 5 rings (SSSR count). The first-order chi connectivity index (χ1) is 18.2. The van der Waals surface area contributed by atoms with E-state index in [9.17, 15) is 18.0 Å². The van der Waals surface area contributed by atoms with E-state index in [1.807, 2.05) is 31.2 Å². The lowest BCUT2D eigenvalue weighted by atomic mass is 9.96. The van der Waals surface area contributed by atoms with Crippen LogP contribution in [-0.2, 0) is 25.6 Å². The Bertz CT molecular complexity index is 1490. The van der Waals surface area contributed by atoms with Gasteiger partial charge in [-0.3, -0.25) is 0 Å². The molecule has 1 N–H and O–H groups in total. The number of rotatable bonds is 4. The highest BCUT2D eigenvalue weighted by Crippen LogP contribution is 2.34. The van der Waals surface area contributed by atoms with Crippen molar-refractivity contribution in [1.82, 2.24) is 24.8 Å². The molecule has 0 spiro atoms. The topological polar surface area (TPSA) is 83.9 Å². The second-order valence-corrected chi connectivity index (χ2v) is 9.13. The molecular weight excluding hydrogens is 493 g/mol. The fraction of sp³-hybridized carbons (Fsp3) is 0.250. The van der Waals surface area contributed by atoms with Crippen molar-refractivity contribution < 1.29 is 18.0 Å². The van der Waals surface area contributed by atoms with Crippen LogP contribution in [-0.4, -0.2) is 37.4 Å². The van der Waals surface area contributed by atoms with Crippen LogP contribution in [0.1, 0.15) is 34.9 Å². The summed E-state index contributed by atoms with van der Waals surface area (Å²) in [5, 5.41) is 2.67. The highest BCUT2D eigenvalue weighted by molar-refractivity contribution is 5.90. The summed E-state index contributed by atoms with van der Waals surface area (Å²) in [4.78, 5) is 32.6. The third kappa shape index (κ3) is 5.20. The van der Waals surface area contributed by atoms with Gasteiger partial charge >= 0.3 is 12.2 Å². The van der Waals surface area contributed by atoms with E-state index in [2.05, 4.69) is 15.3 Å². The first-order valence-corrected chi connectivity index (χ1v) is 12.2. The number of nitrogens with one attached hydrogen (secondary N) is 1. The smallest absolute Gasteiger partial charge is 0.320 e. The second-order valence-electron chi connectivity index (χ2n) is 9.13. The Morgan fingerprint density at radius 1 is 1.08 bits per heavy atom. The number of aromatic nitrogens is 4. The summed E-state index contributed by atoms with van der Waals surface area (Å²) >= 11 is 0. The quantitative estimate of drug-likeness (QED) is 0.354. The number of aryl methyl sites for hydroxylation is 2. The van der Waals surface area contributed by atoms with Crippen molar-refractivity contribution in [3.63, 3.8) is 0 Å². The van der Waals surface area contributed by atoms with Crippen molar-refractivity contribution in [2.24, 2.45) is 0 Å². The lowest BCUT2D eigenvalue weighted by Gasteiger charge is -2.30. The van der Waals surface area contributed by atoms with E-state index in [4.69, 9.17) is 9.97 Å². The zero-order chi connectivity index (χ0) is 26.9. The van der Waals surface area contributed by atoms with Crippen LogP contribution in [0.25, 0.3) is 22.6 Å². The van der Waals surface area contributed by atoms with E-state index in [0.717, 1.165) is 34.5 Å². The zero-order valence-electron chi connectivity index (χ0n) is 20.9. The van der Waals surface area contributed by atoms with E-state index in [0.29, 0.717) is 42.0 Å². The molecule has 0 fully saturated rings. The summed E-state index contributed by atoms with van der Waals surface area (Å²) in [7, 11) is 0. The minimum atomic E-state index is -4.50. The molecule has 194 valence electrons. The van der Waals surface area contributed by atoms with Gasteiger partial charge in [0.15, 0.2) is 5.82 Å². The maximum absolute atomic E-state index is 13.4. The number of hydrogen-bond acceptors (Lipinski definition) is 5. The number of carbonyl (C=O) groups excluding carboxylic acids is 1. The maximum atomic E-state index is 13.4. The Hall–Kier alpha value is -4.34. The lowest BCUT2D eigenvalue weighted by molar-refractivity contribution is -0.137. The van der Waals surface area contributed by atoms with Gasteiger partial charge in [0, 0.05) is 42.2 Å². The Kier molecular flexibility index (Phi) is 6.79. The summed E-state index contributed by atoms with van der Waals surface area (Å²) in [6, 6.07) is 11.0. The number of alkyl halides is 3. The average Bonchev–Trinajstić information content (AvgIpc) is 2.92. The molecule has 10 heteroatoms. The fourth-order valence-corrected chi connectivity index (χ4v) is 4.53. The van der Waals surface area contributed by atoms with Crippen molar-refractivity contribution in [3.05, 3.63) is 89.1 Å². The monoisotopic (exact) mass is 518 g/mol. The molecule has 0 saturated heterocycles. The highest BCUT2D eigenvalue weighted by atomic mass is 19.4. The number of amides is 2. The highest BCUT2D eigenvalue weighted by Gasteiger charge is 2.32. The molecule has 2 aromatic heterocycles. The fourth-order valence-electron chi connectivity index (χ4n) is 4.53. The molecule has 0 aliphatic carbocycles. The first kappa shape index (κ1) is 25.3. The van der Waals surface area contributed by atoms with Gasteiger partial charge < -0.3 is 10.2 Å². The van der Waals surface area contributed by atoms with Gasteiger partial charge in [-0.15, -0.1) is 0 Å². The number of urea groups is 1. The van der Waals surface area contributed by atoms with Gasteiger partial charge in [-0.2, -0.15) is 13.2 Å². The van der Waals surface area contributed by atoms with Crippen LogP contribution in [0.5, 0.6) is 0 Å². The predicted octanol–water partition coefficient (Wildman–Crippen LogP) is 6.08. The molecule has 0 radical (unpaired) electrons. The molecule has 7 nitrogen and oxygen atoms in total. The molecule has 0 saturated carbocycles. The van der Waals surface area contributed by atoms with E-state index >= 15 is 0 Å². The Labute approximate surface area is 217 Å². The maximum Gasteiger partial charge on any atom is 0.416 e. The zero-order valence-corrected chi connectivity index (χ0v) is 20.9. The SMILES string of the molecule is CCc1cc(NC(=O)N2CCc3nc(-c4cncnc4)nc(-c4ccccc4C)c3C2)cc(C(F)(F)F)c1. The minimum Gasteiger partial charge on any atom is -0.320 e. The summed E-state index contributed by atoms with van der Waals surface area (Å²) in [5.74, 6) is 0.497. The van der Waals surface area contributed by atoms with Crippen molar-refractivity contribution in [1.29, 1.82) is 0 Å². The summed E-state index contributed by atoms with van der Waals surface area (Å²) in [5.41, 5.74) is 4.75. The van der Waals surface area contributed by atoms with E-state index < -0.39 is 17.8 Å². The van der Waals surface area contributed by atoms with Crippen LogP contribution in [0.3, 0.4) is 0 Å². The summed E-state index contributed by atoms with van der Waals surface area (Å²) < 4.78 is 40.2. The molecular formula is C28H25F3N6O. The predicted molar refractivity (Wildman–Crippen MR) is 137 cm³/mol. The van der Waals surface area contributed by atoms with E-state index in [-0.39, 0.29) is 12.2 Å². The number of nitrogens with zero attached hydrogens (tertiary/aromatic N) is 5. The molecule has 1 aliphatic heterocycles. The summed E-state index contributed by atoms with van der Waals surface area (Å²) in [6.07, 6.45) is 1.12. The number of carbonyl (C=O) groups is 1. The van der Waals surface area contributed by atoms with Crippen LogP contribution < -0.4 is 5.32 Å². The normalized spacial score (nSPS) is 13.2. The molecule has 2 aromatic carbocycles. The molecule has 0 unspecified atom stereocenters. The van der Waals surface area contributed by atoms with Crippen LogP contribution in [0.2, 0.25) is 0 Å². The molecule has 38 heavy (non-hydrogen) atoms. The van der Waals surface area contributed by atoms with Gasteiger partial charge in [-0.05, 0) is 42.7 Å².